The molecular formula is C29H46N2O3. The predicted octanol–water partition coefficient (Wildman–Crippen LogP) is 6.37. The molecule has 4 N–H and O–H groups in total. The molecule has 0 radical (unpaired) electrons. The smallest absolute Gasteiger partial charge is 0.255 e. The zero-order valence-electron chi connectivity index (χ0n) is 21.8. The van der Waals surface area contributed by atoms with Crippen molar-refractivity contribution in [2.24, 2.45) is 11.7 Å². The second kappa shape index (κ2) is 12.1. The Balaban J connectivity index is 1.88. The Bertz CT molecular complexity index is 875. The first-order valence-electron chi connectivity index (χ1n) is 13.5. The van der Waals surface area contributed by atoms with E-state index in [2.05, 4.69) is 39.1 Å². The molecule has 0 saturated carbocycles. The molecule has 1 aliphatic heterocycles. The number of ether oxygens (including phenoxy) is 1. The zero-order chi connectivity index (χ0) is 24.7. The number of rotatable bonds is 12. The second-order valence-electron chi connectivity index (χ2n) is 10.8. The molecule has 0 spiro atoms. The Hall–Kier alpha value is -2.01. The normalized spacial score (nSPS) is 20.7. The van der Waals surface area contributed by atoms with E-state index in [1.165, 1.54) is 5.57 Å². The molecule has 5 nitrogen and oxygen atoms in total. The van der Waals surface area contributed by atoms with Gasteiger partial charge in [0, 0.05) is 23.9 Å². The number of unbranched alkanes of at least 4 members (excludes halogenated alkanes) is 6. The van der Waals surface area contributed by atoms with Gasteiger partial charge in [0.2, 0.25) is 0 Å². The molecule has 2 aliphatic rings. The first kappa shape index (κ1) is 26.6. The van der Waals surface area contributed by atoms with Gasteiger partial charge < -0.3 is 20.9 Å². The number of benzene rings is 1. The van der Waals surface area contributed by atoms with Crippen LogP contribution in [0.15, 0.2) is 17.7 Å². The summed E-state index contributed by atoms with van der Waals surface area (Å²) < 4.78 is 6.50. The van der Waals surface area contributed by atoms with Crippen molar-refractivity contribution in [1.82, 2.24) is 5.32 Å². The number of amides is 1. The first-order valence-corrected chi connectivity index (χ1v) is 13.5. The fourth-order valence-electron chi connectivity index (χ4n) is 5.72. The molecule has 1 amide bonds. The topological polar surface area (TPSA) is 84.6 Å². The molecule has 0 aromatic heterocycles. The Morgan fingerprint density at radius 3 is 2.65 bits per heavy atom. The largest absolute Gasteiger partial charge is 0.507 e. The average molecular weight is 471 g/mol. The number of aromatic hydroxyl groups is 1. The number of nitrogens with one attached hydrogen (secondary N) is 1. The number of hydrogen-bond acceptors (Lipinski definition) is 4. The van der Waals surface area contributed by atoms with Crippen molar-refractivity contribution in [2.45, 2.75) is 110 Å². The fourth-order valence-corrected chi connectivity index (χ4v) is 5.72. The lowest BCUT2D eigenvalue weighted by Crippen LogP contribution is -2.45. The molecule has 0 fully saturated rings. The van der Waals surface area contributed by atoms with Crippen LogP contribution in [0.3, 0.4) is 0 Å². The van der Waals surface area contributed by atoms with Gasteiger partial charge in [-0.25, -0.2) is 0 Å². The van der Waals surface area contributed by atoms with Gasteiger partial charge in [0.1, 0.15) is 17.1 Å². The molecule has 5 heteroatoms. The third-order valence-electron chi connectivity index (χ3n) is 7.67. The summed E-state index contributed by atoms with van der Waals surface area (Å²) in [5.74, 6) is 1.07. The summed E-state index contributed by atoms with van der Waals surface area (Å²) in [5, 5.41) is 14.6. The lowest BCUT2D eigenvalue weighted by molar-refractivity contribution is 0.0107. The minimum Gasteiger partial charge on any atom is -0.507 e. The third-order valence-corrected chi connectivity index (χ3v) is 7.67. The van der Waals surface area contributed by atoms with Crippen molar-refractivity contribution < 1.29 is 14.6 Å². The maximum absolute atomic E-state index is 13.3. The van der Waals surface area contributed by atoms with E-state index in [-0.39, 0.29) is 29.1 Å². The van der Waals surface area contributed by atoms with Gasteiger partial charge in [-0.05, 0) is 77.5 Å². The highest BCUT2D eigenvalue weighted by atomic mass is 16.5. The number of aryl methyl sites for hydroxylation is 1. The van der Waals surface area contributed by atoms with Crippen LogP contribution in [0.1, 0.15) is 119 Å². The van der Waals surface area contributed by atoms with E-state index in [1.54, 1.807) is 0 Å². The van der Waals surface area contributed by atoms with E-state index < -0.39 is 0 Å². The van der Waals surface area contributed by atoms with Gasteiger partial charge in [0.05, 0.1) is 5.56 Å². The van der Waals surface area contributed by atoms with Crippen LogP contribution in [0.4, 0.5) is 0 Å². The molecule has 1 heterocycles. The maximum Gasteiger partial charge on any atom is 0.255 e. The standard InChI is InChI=1S/C29H46N2O3/c1-5-6-10-13-21-19-24-26(22-18-20(2)14-15-23(22)29(3,4)34-24)27(32)25(21)28(33)31-17-12-9-7-8-11-16-30/h18-19,22-23,32H,5-17,30H2,1-4H3,(H,31,33)/t22-,23-/m1/s1. The van der Waals surface area contributed by atoms with E-state index in [0.29, 0.717) is 12.1 Å². The highest BCUT2D eigenvalue weighted by Crippen LogP contribution is 2.54. The van der Waals surface area contributed by atoms with Gasteiger partial charge in [-0.3, -0.25) is 4.79 Å². The summed E-state index contributed by atoms with van der Waals surface area (Å²) in [6, 6.07) is 2.04. The van der Waals surface area contributed by atoms with E-state index in [1.807, 2.05) is 6.07 Å². The third kappa shape index (κ3) is 6.16. The predicted molar refractivity (Wildman–Crippen MR) is 140 cm³/mol. The second-order valence-corrected chi connectivity index (χ2v) is 10.8. The molecule has 1 aromatic rings. The van der Waals surface area contributed by atoms with Gasteiger partial charge in [0.15, 0.2) is 0 Å². The highest BCUT2D eigenvalue weighted by Gasteiger charge is 2.46. The number of carbonyl (C=O) groups is 1. The summed E-state index contributed by atoms with van der Waals surface area (Å²) in [6.07, 6.45) is 13.7. The van der Waals surface area contributed by atoms with Crippen LogP contribution in [0.2, 0.25) is 0 Å². The van der Waals surface area contributed by atoms with Crippen molar-refractivity contribution in [3.05, 3.63) is 34.4 Å². The van der Waals surface area contributed by atoms with Crippen molar-refractivity contribution >= 4 is 5.91 Å². The Kier molecular flexibility index (Phi) is 9.47. The number of hydrogen-bond donors (Lipinski definition) is 3. The molecular weight excluding hydrogens is 424 g/mol. The fraction of sp³-hybridized carbons (Fsp3) is 0.690. The number of carbonyl (C=O) groups excluding carboxylic acids is 1. The first-order chi connectivity index (χ1) is 16.3. The van der Waals surface area contributed by atoms with Crippen molar-refractivity contribution in [1.29, 1.82) is 0 Å². The van der Waals surface area contributed by atoms with Gasteiger partial charge in [-0.2, -0.15) is 0 Å². The number of phenolic OH excluding ortho intramolecular Hbond substituents is 1. The summed E-state index contributed by atoms with van der Waals surface area (Å²) in [7, 11) is 0. The SMILES string of the molecule is CCCCCc1cc2c(c(O)c1C(=O)NCCCCCCCN)[C@@H]1C=C(C)CC[C@H]1C(C)(C)O2. The van der Waals surface area contributed by atoms with Gasteiger partial charge in [0.25, 0.3) is 5.91 Å². The molecule has 3 rings (SSSR count). The van der Waals surface area contributed by atoms with Crippen LogP contribution >= 0.6 is 0 Å². The van der Waals surface area contributed by atoms with E-state index >= 15 is 0 Å². The van der Waals surface area contributed by atoms with Crippen molar-refractivity contribution in [3.63, 3.8) is 0 Å². The quantitative estimate of drug-likeness (QED) is 0.245. The van der Waals surface area contributed by atoms with Gasteiger partial charge in [-0.15, -0.1) is 0 Å². The Labute approximate surface area is 206 Å². The van der Waals surface area contributed by atoms with Crippen LogP contribution in [-0.2, 0) is 6.42 Å². The summed E-state index contributed by atoms with van der Waals surface area (Å²) in [4.78, 5) is 13.3. The van der Waals surface area contributed by atoms with E-state index in [4.69, 9.17) is 10.5 Å². The molecule has 0 saturated heterocycles. The minimum atomic E-state index is -0.310. The molecule has 1 aromatic carbocycles. The molecule has 190 valence electrons. The molecule has 34 heavy (non-hydrogen) atoms. The van der Waals surface area contributed by atoms with Crippen LogP contribution in [0.5, 0.6) is 11.5 Å². The molecule has 0 bridgehead atoms. The summed E-state index contributed by atoms with van der Waals surface area (Å²) >= 11 is 0. The lowest BCUT2D eigenvalue weighted by Gasteiger charge is -2.46. The zero-order valence-corrected chi connectivity index (χ0v) is 21.8. The van der Waals surface area contributed by atoms with Crippen LogP contribution in [0, 0.1) is 5.92 Å². The van der Waals surface area contributed by atoms with Crippen LogP contribution in [-0.4, -0.2) is 29.7 Å². The Morgan fingerprint density at radius 1 is 1.18 bits per heavy atom. The van der Waals surface area contributed by atoms with Crippen LogP contribution in [0.25, 0.3) is 0 Å². The Morgan fingerprint density at radius 2 is 1.91 bits per heavy atom. The number of fused-ring (bicyclic) bond motifs is 3. The number of nitrogens with two attached hydrogens (primary N) is 1. The van der Waals surface area contributed by atoms with Crippen molar-refractivity contribution in [3.8, 4) is 11.5 Å². The van der Waals surface area contributed by atoms with Gasteiger partial charge >= 0.3 is 0 Å². The number of phenols is 1. The maximum atomic E-state index is 13.3. The average Bonchev–Trinajstić information content (AvgIpc) is 2.77. The highest BCUT2D eigenvalue weighted by molar-refractivity contribution is 5.99. The van der Waals surface area contributed by atoms with Crippen molar-refractivity contribution in [2.75, 3.05) is 13.1 Å². The summed E-state index contributed by atoms with van der Waals surface area (Å²) in [6.45, 7) is 10.0. The molecule has 1 aliphatic carbocycles. The molecule has 0 unspecified atom stereocenters. The lowest BCUT2D eigenvalue weighted by atomic mass is 9.67. The van der Waals surface area contributed by atoms with Crippen LogP contribution < -0.4 is 15.8 Å². The van der Waals surface area contributed by atoms with E-state index in [9.17, 15) is 9.90 Å². The van der Waals surface area contributed by atoms with E-state index in [0.717, 1.165) is 94.1 Å². The molecule has 2 atom stereocenters. The van der Waals surface area contributed by atoms with Gasteiger partial charge in [-0.1, -0.05) is 50.7 Å². The monoisotopic (exact) mass is 470 g/mol. The summed E-state index contributed by atoms with van der Waals surface area (Å²) in [5.41, 5.74) is 8.75. The minimum absolute atomic E-state index is 0.0753. The number of allylic oxidation sites excluding steroid dienone is 2.